The second-order valence-corrected chi connectivity index (χ2v) is 5.18. The average Bonchev–Trinajstić information content (AvgIpc) is 2.67. The van der Waals surface area contributed by atoms with E-state index in [1.165, 1.54) is 6.08 Å². The number of nitrogens with one attached hydrogen (secondary N) is 2. The molecule has 6 nitrogen and oxygen atoms in total. The van der Waals surface area contributed by atoms with Crippen LogP contribution < -0.4 is 16.4 Å². The second kappa shape index (κ2) is 8.85. The molecule has 1 amide bonds. The number of hydrogen-bond donors (Lipinski definition) is 3. The van der Waals surface area contributed by atoms with Crippen molar-refractivity contribution in [2.24, 2.45) is 10.7 Å². The van der Waals surface area contributed by atoms with Crippen molar-refractivity contribution in [3.63, 3.8) is 0 Å². The van der Waals surface area contributed by atoms with E-state index in [-0.39, 0.29) is 5.91 Å². The molecule has 0 bridgehead atoms. The molecule has 0 saturated heterocycles. The number of carbonyl (C=O) groups is 1. The van der Waals surface area contributed by atoms with Crippen LogP contribution in [0.5, 0.6) is 0 Å². The van der Waals surface area contributed by atoms with E-state index < -0.39 is 0 Å². The molecular weight excluding hydrogens is 326 g/mol. The van der Waals surface area contributed by atoms with E-state index in [4.69, 9.17) is 12.2 Å². The lowest BCUT2D eigenvalue weighted by Crippen LogP contribution is -2.09. The van der Waals surface area contributed by atoms with Gasteiger partial charge in [0.2, 0.25) is 5.91 Å². The molecule has 2 rings (SSSR count). The number of benzene rings is 1. The van der Waals surface area contributed by atoms with Crippen LogP contribution in [0.3, 0.4) is 0 Å². The van der Waals surface area contributed by atoms with Crippen LogP contribution in [0.15, 0.2) is 60.3 Å². The van der Waals surface area contributed by atoms with E-state index in [1.807, 2.05) is 0 Å². The third kappa shape index (κ3) is 4.82. The third-order valence-corrected chi connectivity index (χ3v) is 3.38. The molecule has 26 heavy (non-hydrogen) atoms. The Labute approximate surface area is 152 Å². The summed E-state index contributed by atoms with van der Waals surface area (Å²) in [6.45, 7) is 3.44. The van der Waals surface area contributed by atoms with Crippen molar-refractivity contribution in [1.82, 2.24) is 4.98 Å². The van der Waals surface area contributed by atoms with Crippen molar-refractivity contribution >= 4 is 35.0 Å². The van der Waals surface area contributed by atoms with Gasteiger partial charge >= 0.3 is 0 Å². The van der Waals surface area contributed by atoms with Gasteiger partial charge in [-0.2, -0.15) is 0 Å². The number of rotatable bonds is 6. The van der Waals surface area contributed by atoms with Gasteiger partial charge in [-0.05, 0) is 42.5 Å². The molecule has 0 spiro atoms. The molecule has 0 unspecified atom stereocenters. The zero-order chi connectivity index (χ0) is 18.9. The van der Waals surface area contributed by atoms with E-state index in [0.717, 1.165) is 5.69 Å². The monoisotopic (exact) mass is 345 g/mol. The summed E-state index contributed by atoms with van der Waals surface area (Å²) in [6.07, 6.45) is 11.4. The van der Waals surface area contributed by atoms with Gasteiger partial charge in [-0.25, -0.2) is 4.98 Å². The maximum atomic E-state index is 11.5. The van der Waals surface area contributed by atoms with Gasteiger partial charge in [-0.3, -0.25) is 9.79 Å². The number of terminal acetylenes is 1. The smallest absolute Gasteiger partial charge is 0.247 e. The summed E-state index contributed by atoms with van der Waals surface area (Å²) in [4.78, 5) is 19.7. The summed E-state index contributed by atoms with van der Waals surface area (Å²) in [5, 5.41) is 5.91. The number of allylic oxidation sites excluding steroid dienone is 1. The number of pyridine rings is 1. The molecule has 6 heteroatoms. The molecular formula is C20H19N5O. The van der Waals surface area contributed by atoms with Crippen LogP contribution in [0.2, 0.25) is 0 Å². The third-order valence-electron chi connectivity index (χ3n) is 3.38. The normalized spacial score (nSPS) is 11.0. The maximum absolute atomic E-state index is 11.5. The zero-order valence-corrected chi connectivity index (χ0v) is 14.4. The highest BCUT2D eigenvalue weighted by Crippen LogP contribution is 2.27. The van der Waals surface area contributed by atoms with E-state index in [1.54, 1.807) is 55.9 Å². The van der Waals surface area contributed by atoms with Gasteiger partial charge in [0, 0.05) is 47.7 Å². The molecule has 2 aromatic rings. The fourth-order valence-electron chi connectivity index (χ4n) is 2.10. The number of carbonyl (C=O) groups excluding carboxylic acids is 1. The fourth-order valence-corrected chi connectivity index (χ4v) is 2.10. The molecule has 1 aromatic carbocycles. The molecule has 1 heterocycles. The standard InChI is InChI=1S/C20H19N5O/c1-4-14-6-9-19(23-13-14)25-18-8-7-15(24-20(26)5-2)12-16(18)17(21)10-11-22-3/h1,5-13H,2,21H2,3H3,(H,23,25)(H,24,26). The number of anilines is 3. The van der Waals surface area contributed by atoms with Crippen LogP contribution in [-0.2, 0) is 4.79 Å². The molecule has 130 valence electrons. The van der Waals surface area contributed by atoms with Gasteiger partial charge in [0.05, 0.1) is 0 Å². The number of aromatic nitrogens is 1. The lowest BCUT2D eigenvalue weighted by atomic mass is 10.1. The Balaban J connectivity index is 2.40. The van der Waals surface area contributed by atoms with Crippen molar-refractivity contribution < 1.29 is 4.79 Å². The summed E-state index contributed by atoms with van der Waals surface area (Å²) in [6, 6.07) is 8.88. The molecule has 1 aromatic heterocycles. The summed E-state index contributed by atoms with van der Waals surface area (Å²) >= 11 is 0. The summed E-state index contributed by atoms with van der Waals surface area (Å²) < 4.78 is 0. The van der Waals surface area contributed by atoms with Gasteiger partial charge in [0.1, 0.15) is 5.82 Å². The predicted molar refractivity (Wildman–Crippen MR) is 107 cm³/mol. The van der Waals surface area contributed by atoms with Crippen LogP contribution >= 0.6 is 0 Å². The van der Waals surface area contributed by atoms with Crippen LogP contribution in [0.1, 0.15) is 11.1 Å². The Bertz CT molecular complexity index is 905. The number of nitrogens with two attached hydrogens (primary N) is 1. The number of aliphatic imine (C=N–C) groups is 1. The van der Waals surface area contributed by atoms with E-state index >= 15 is 0 Å². The average molecular weight is 345 g/mol. The molecule has 0 saturated carbocycles. The minimum Gasteiger partial charge on any atom is -0.398 e. The minimum atomic E-state index is -0.305. The van der Waals surface area contributed by atoms with Crippen LogP contribution in [-0.4, -0.2) is 24.2 Å². The van der Waals surface area contributed by atoms with Crippen molar-refractivity contribution in [1.29, 1.82) is 0 Å². The highest BCUT2D eigenvalue weighted by atomic mass is 16.1. The first-order chi connectivity index (χ1) is 12.6. The Kier molecular flexibility index (Phi) is 6.29. The first-order valence-electron chi connectivity index (χ1n) is 7.73. The fraction of sp³-hybridized carbons (Fsp3) is 0.0500. The highest BCUT2D eigenvalue weighted by molar-refractivity contribution is 5.99. The van der Waals surface area contributed by atoms with Gasteiger partial charge in [-0.15, -0.1) is 6.42 Å². The van der Waals surface area contributed by atoms with E-state index in [9.17, 15) is 4.79 Å². The first kappa shape index (κ1) is 18.5. The number of hydrogen-bond acceptors (Lipinski definition) is 5. The quantitative estimate of drug-likeness (QED) is 0.426. The van der Waals surface area contributed by atoms with Crippen molar-refractivity contribution in [3.8, 4) is 12.3 Å². The Morgan fingerprint density at radius 2 is 2.19 bits per heavy atom. The van der Waals surface area contributed by atoms with Crippen LogP contribution in [0, 0.1) is 12.3 Å². The highest BCUT2D eigenvalue weighted by Gasteiger charge is 2.09. The SMILES string of the molecule is C#Cc1ccc(Nc2ccc(NC(=O)C=C)cc2C(N)=CC=NC)nc1. The van der Waals surface area contributed by atoms with Gasteiger partial charge < -0.3 is 16.4 Å². The topological polar surface area (TPSA) is 92.4 Å². The Morgan fingerprint density at radius 1 is 1.38 bits per heavy atom. The maximum Gasteiger partial charge on any atom is 0.247 e. The summed E-state index contributed by atoms with van der Waals surface area (Å²) in [7, 11) is 1.65. The summed E-state index contributed by atoms with van der Waals surface area (Å²) in [5.41, 5.74) is 9.34. The van der Waals surface area contributed by atoms with Crippen molar-refractivity contribution in [3.05, 3.63) is 66.4 Å². The first-order valence-corrected chi connectivity index (χ1v) is 7.73. The Hall–Kier alpha value is -3.85. The molecule has 0 aliphatic carbocycles. The van der Waals surface area contributed by atoms with Crippen LogP contribution in [0.4, 0.5) is 17.2 Å². The van der Waals surface area contributed by atoms with Gasteiger partial charge in [-0.1, -0.05) is 12.5 Å². The van der Waals surface area contributed by atoms with E-state index in [0.29, 0.717) is 28.3 Å². The number of nitrogens with zero attached hydrogens (tertiary/aromatic N) is 2. The predicted octanol–water partition coefficient (Wildman–Crippen LogP) is 2.93. The van der Waals surface area contributed by atoms with Crippen molar-refractivity contribution in [2.75, 3.05) is 17.7 Å². The molecule has 0 atom stereocenters. The van der Waals surface area contributed by atoms with E-state index in [2.05, 4.69) is 33.1 Å². The lowest BCUT2D eigenvalue weighted by molar-refractivity contribution is -0.111. The van der Waals surface area contributed by atoms with Gasteiger partial charge in [0.25, 0.3) is 0 Å². The minimum absolute atomic E-state index is 0.305. The second-order valence-electron chi connectivity index (χ2n) is 5.18. The zero-order valence-electron chi connectivity index (χ0n) is 14.4. The molecule has 0 aliphatic heterocycles. The summed E-state index contributed by atoms with van der Waals surface area (Å²) in [5.74, 6) is 2.83. The number of amides is 1. The Morgan fingerprint density at radius 3 is 2.81 bits per heavy atom. The van der Waals surface area contributed by atoms with Crippen molar-refractivity contribution in [2.45, 2.75) is 0 Å². The molecule has 0 radical (unpaired) electrons. The molecule has 4 N–H and O–H groups in total. The largest absolute Gasteiger partial charge is 0.398 e. The van der Waals surface area contributed by atoms with Gasteiger partial charge in [0.15, 0.2) is 0 Å². The lowest BCUT2D eigenvalue weighted by Gasteiger charge is -2.14. The molecule has 0 fully saturated rings. The molecule has 0 aliphatic rings. The van der Waals surface area contributed by atoms with Crippen LogP contribution in [0.25, 0.3) is 5.70 Å².